The molecule has 4 rings (SSSR count). The van der Waals surface area contributed by atoms with Gasteiger partial charge in [-0.05, 0) is 60.7 Å². The molecule has 0 radical (unpaired) electrons. The van der Waals surface area contributed by atoms with Crippen LogP contribution in [0.3, 0.4) is 0 Å². The molecular formula is C22H22N3O+. The van der Waals surface area contributed by atoms with Crippen molar-refractivity contribution >= 4 is 11.2 Å². The number of ether oxygens (including phenoxy) is 1. The molecule has 0 aliphatic carbocycles. The van der Waals surface area contributed by atoms with Crippen LogP contribution in [0.25, 0.3) is 22.5 Å². The van der Waals surface area contributed by atoms with E-state index in [4.69, 9.17) is 4.74 Å². The second-order valence-corrected chi connectivity index (χ2v) is 6.50. The van der Waals surface area contributed by atoms with Crippen LogP contribution in [0.15, 0.2) is 79.3 Å². The van der Waals surface area contributed by atoms with E-state index in [1.54, 1.807) is 7.11 Å². The minimum atomic E-state index is 0.861. The summed E-state index contributed by atoms with van der Waals surface area (Å²) in [6.07, 6.45) is 4.26. The largest absolute Gasteiger partial charge is 0.497 e. The zero-order valence-electron chi connectivity index (χ0n) is 15.3. The van der Waals surface area contributed by atoms with Crippen molar-refractivity contribution in [1.82, 2.24) is 4.40 Å². The van der Waals surface area contributed by atoms with Crippen molar-refractivity contribution in [1.29, 1.82) is 0 Å². The highest BCUT2D eigenvalue weighted by Crippen LogP contribution is 2.23. The third kappa shape index (κ3) is 2.90. The number of hydrogen-bond acceptors (Lipinski definition) is 2. The van der Waals surface area contributed by atoms with Crippen LogP contribution in [-0.2, 0) is 0 Å². The standard InChI is InChI=1S/C22H22N3O/c1-23(2)18-9-7-17(8-10-18)22-6-4-5-20-15-24(16-25(20)22)19-11-13-21(26-3)14-12-19/h4-16H,1-3H3/q+1. The van der Waals surface area contributed by atoms with E-state index < -0.39 is 0 Å². The van der Waals surface area contributed by atoms with E-state index in [1.165, 1.54) is 16.9 Å². The summed E-state index contributed by atoms with van der Waals surface area (Å²) in [5, 5.41) is 0. The Bertz CT molecular complexity index is 1030. The van der Waals surface area contributed by atoms with Crippen LogP contribution in [0.5, 0.6) is 5.75 Å². The maximum Gasteiger partial charge on any atom is 0.254 e. The third-order valence-electron chi connectivity index (χ3n) is 4.62. The number of imidazole rings is 1. The zero-order valence-corrected chi connectivity index (χ0v) is 15.3. The number of benzene rings is 2. The number of methoxy groups -OCH3 is 1. The van der Waals surface area contributed by atoms with Gasteiger partial charge >= 0.3 is 0 Å². The predicted molar refractivity (Wildman–Crippen MR) is 105 cm³/mol. The molecule has 0 amide bonds. The Morgan fingerprint density at radius 1 is 0.885 bits per heavy atom. The van der Waals surface area contributed by atoms with Gasteiger partial charge in [0.05, 0.1) is 7.11 Å². The van der Waals surface area contributed by atoms with Crippen molar-refractivity contribution in [2.75, 3.05) is 26.1 Å². The first-order chi connectivity index (χ1) is 12.7. The molecule has 4 heteroatoms. The Kier molecular flexibility index (Phi) is 4.09. The van der Waals surface area contributed by atoms with Gasteiger partial charge in [-0.25, -0.2) is 4.57 Å². The molecule has 2 aromatic carbocycles. The summed E-state index contributed by atoms with van der Waals surface area (Å²) in [5.74, 6) is 0.861. The van der Waals surface area contributed by atoms with E-state index >= 15 is 0 Å². The smallest absolute Gasteiger partial charge is 0.254 e. The van der Waals surface area contributed by atoms with Gasteiger partial charge in [0.25, 0.3) is 6.33 Å². The fraction of sp³-hybridized carbons (Fsp3) is 0.136. The first-order valence-electron chi connectivity index (χ1n) is 8.60. The summed E-state index contributed by atoms with van der Waals surface area (Å²) in [7, 11) is 5.79. The second kappa shape index (κ2) is 6.56. The van der Waals surface area contributed by atoms with Crippen LogP contribution in [0.4, 0.5) is 5.69 Å². The van der Waals surface area contributed by atoms with Crippen LogP contribution in [0.2, 0.25) is 0 Å². The molecule has 4 aromatic rings. The number of rotatable bonds is 4. The molecule has 0 bridgehead atoms. The van der Waals surface area contributed by atoms with Crippen molar-refractivity contribution in [3.63, 3.8) is 0 Å². The molecule has 0 atom stereocenters. The molecule has 0 unspecified atom stereocenters. The molecule has 130 valence electrons. The second-order valence-electron chi connectivity index (χ2n) is 6.50. The minimum Gasteiger partial charge on any atom is -0.497 e. The maximum absolute atomic E-state index is 5.25. The molecular weight excluding hydrogens is 322 g/mol. The topological polar surface area (TPSA) is 20.8 Å². The lowest BCUT2D eigenvalue weighted by Crippen LogP contribution is -2.26. The fourth-order valence-corrected chi connectivity index (χ4v) is 3.13. The quantitative estimate of drug-likeness (QED) is 0.523. The summed E-state index contributed by atoms with van der Waals surface area (Å²) in [6, 6.07) is 23.1. The van der Waals surface area contributed by atoms with Crippen LogP contribution >= 0.6 is 0 Å². The van der Waals surface area contributed by atoms with E-state index in [1.807, 2.05) is 12.1 Å². The average Bonchev–Trinajstić information content (AvgIpc) is 3.12. The minimum absolute atomic E-state index is 0.861. The van der Waals surface area contributed by atoms with Crippen LogP contribution < -0.4 is 14.2 Å². The van der Waals surface area contributed by atoms with Gasteiger partial charge < -0.3 is 9.64 Å². The van der Waals surface area contributed by atoms with Gasteiger partial charge in [-0.3, -0.25) is 0 Å². The van der Waals surface area contributed by atoms with E-state index in [2.05, 4.69) is 95.1 Å². The molecule has 0 N–H and O–H groups in total. The van der Waals surface area contributed by atoms with Crippen LogP contribution in [-0.4, -0.2) is 25.6 Å². The molecule has 2 heterocycles. The summed E-state index contributed by atoms with van der Waals surface area (Å²) in [6.45, 7) is 0. The Morgan fingerprint density at radius 3 is 2.27 bits per heavy atom. The molecule has 0 saturated heterocycles. The maximum atomic E-state index is 5.25. The molecule has 2 aromatic heterocycles. The van der Waals surface area contributed by atoms with Gasteiger partial charge in [0.15, 0.2) is 5.52 Å². The monoisotopic (exact) mass is 344 g/mol. The highest BCUT2D eigenvalue weighted by atomic mass is 16.5. The number of pyridine rings is 1. The number of anilines is 1. The number of aromatic nitrogens is 2. The highest BCUT2D eigenvalue weighted by molar-refractivity contribution is 5.66. The Balaban J connectivity index is 1.77. The Morgan fingerprint density at radius 2 is 1.62 bits per heavy atom. The van der Waals surface area contributed by atoms with E-state index in [0.29, 0.717) is 0 Å². The normalized spacial score (nSPS) is 10.9. The Hall–Kier alpha value is -3.27. The molecule has 0 aliphatic rings. The van der Waals surface area contributed by atoms with Crippen LogP contribution in [0, 0.1) is 0 Å². The summed E-state index contributed by atoms with van der Waals surface area (Å²) in [5.41, 5.74) is 5.80. The molecule has 0 fully saturated rings. The number of hydrogen-bond donors (Lipinski definition) is 0. The van der Waals surface area contributed by atoms with Gasteiger partial charge in [0, 0.05) is 25.3 Å². The highest BCUT2D eigenvalue weighted by Gasteiger charge is 2.14. The summed E-state index contributed by atoms with van der Waals surface area (Å²) in [4.78, 5) is 2.11. The Labute approximate surface area is 153 Å². The molecule has 0 saturated carbocycles. The van der Waals surface area contributed by atoms with Crippen molar-refractivity contribution in [2.24, 2.45) is 0 Å². The lowest BCUT2D eigenvalue weighted by Gasteiger charge is -2.12. The molecule has 0 spiro atoms. The van der Waals surface area contributed by atoms with Crippen molar-refractivity contribution in [3.8, 4) is 22.7 Å². The number of nitrogens with zero attached hydrogens (tertiary/aromatic N) is 3. The van der Waals surface area contributed by atoms with Gasteiger partial charge in [-0.2, -0.15) is 4.40 Å². The fourth-order valence-electron chi connectivity index (χ4n) is 3.13. The molecule has 26 heavy (non-hydrogen) atoms. The van der Waals surface area contributed by atoms with Crippen molar-refractivity contribution < 1.29 is 9.30 Å². The summed E-state index contributed by atoms with van der Waals surface area (Å²) < 4.78 is 9.60. The van der Waals surface area contributed by atoms with Crippen LogP contribution in [0.1, 0.15) is 0 Å². The van der Waals surface area contributed by atoms with Gasteiger partial charge in [-0.15, -0.1) is 0 Å². The van der Waals surface area contributed by atoms with Crippen molar-refractivity contribution in [3.05, 3.63) is 79.3 Å². The van der Waals surface area contributed by atoms with Gasteiger partial charge in [0.1, 0.15) is 23.3 Å². The average molecular weight is 344 g/mol. The molecule has 4 nitrogen and oxygen atoms in total. The van der Waals surface area contributed by atoms with Crippen molar-refractivity contribution in [2.45, 2.75) is 0 Å². The SMILES string of the molecule is COc1ccc(-[n+]2cc3cccc(-c4ccc(N(C)C)cc4)n3c2)cc1. The van der Waals surface area contributed by atoms with Gasteiger partial charge in [-0.1, -0.05) is 6.07 Å². The van der Waals surface area contributed by atoms with E-state index in [-0.39, 0.29) is 0 Å². The first-order valence-corrected chi connectivity index (χ1v) is 8.60. The predicted octanol–water partition coefficient (Wildman–Crippen LogP) is 3.96. The van der Waals surface area contributed by atoms with E-state index in [0.717, 1.165) is 17.0 Å². The third-order valence-corrected chi connectivity index (χ3v) is 4.62. The van der Waals surface area contributed by atoms with E-state index in [9.17, 15) is 0 Å². The first kappa shape index (κ1) is 16.2. The summed E-state index contributed by atoms with van der Waals surface area (Å²) >= 11 is 0. The molecule has 0 aliphatic heterocycles. The lowest BCUT2D eigenvalue weighted by atomic mass is 10.1. The van der Waals surface area contributed by atoms with Gasteiger partial charge in [0.2, 0.25) is 0 Å². The lowest BCUT2D eigenvalue weighted by molar-refractivity contribution is -0.594. The number of fused-ring (bicyclic) bond motifs is 1. The zero-order chi connectivity index (χ0) is 18.1.